The molecular weight excluding hydrogens is 204 g/mol. The standard InChI is InChI=1S/C13H16O3/c1-8-2-5-12(14)10(6-8)4-3-9-7-11(9)13(15)16/h2,5-6,9,11,14H,3-4,7H2,1H3,(H,15,16). The van der Waals surface area contributed by atoms with Gasteiger partial charge in [-0.1, -0.05) is 17.7 Å². The van der Waals surface area contributed by atoms with Crippen molar-refractivity contribution in [1.82, 2.24) is 0 Å². The molecule has 3 nitrogen and oxygen atoms in total. The van der Waals surface area contributed by atoms with Gasteiger partial charge in [-0.25, -0.2) is 0 Å². The summed E-state index contributed by atoms with van der Waals surface area (Å²) in [7, 11) is 0. The predicted octanol–water partition coefficient (Wildman–Crippen LogP) is 2.35. The number of carboxylic acids is 1. The van der Waals surface area contributed by atoms with Gasteiger partial charge in [0, 0.05) is 0 Å². The lowest BCUT2D eigenvalue weighted by Gasteiger charge is -2.05. The molecular formula is C13H16O3. The van der Waals surface area contributed by atoms with Crippen molar-refractivity contribution in [2.24, 2.45) is 11.8 Å². The highest BCUT2D eigenvalue weighted by Gasteiger charge is 2.42. The molecule has 2 unspecified atom stereocenters. The third kappa shape index (κ3) is 2.35. The third-order valence-corrected chi connectivity index (χ3v) is 3.26. The van der Waals surface area contributed by atoms with Crippen molar-refractivity contribution in [3.63, 3.8) is 0 Å². The van der Waals surface area contributed by atoms with E-state index in [2.05, 4.69) is 0 Å². The average Bonchev–Trinajstić information content (AvgIpc) is 2.99. The van der Waals surface area contributed by atoms with Gasteiger partial charge >= 0.3 is 5.97 Å². The van der Waals surface area contributed by atoms with Gasteiger partial charge in [0.25, 0.3) is 0 Å². The van der Waals surface area contributed by atoms with Crippen LogP contribution in [-0.2, 0) is 11.2 Å². The molecule has 0 saturated heterocycles. The second kappa shape index (κ2) is 4.16. The van der Waals surface area contributed by atoms with Crippen molar-refractivity contribution < 1.29 is 15.0 Å². The second-order valence-electron chi connectivity index (χ2n) is 4.61. The highest BCUT2D eigenvalue weighted by Crippen LogP contribution is 2.42. The molecule has 0 aliphatic heterocycles. The number of phenols is 1. The lowest BCUT2D eigenvalue weighted by molar-refractivity contribution is -0.138. The fraction of sp³-hybridized carbons (Fsp3) is 0.462. The molecule has 0 spiro atoms. The number of benzene rings is 1. The number of phenolic OH excluding ortho intramolecular Hbond substituents is 1. The number of carboxylic acid groups (broad SMARTS) is 1. The van der Waals surface area contributed by atoms with E-state index in [1.54, 1.807) is 6.07 Å². The topological polar surface area (TPSA) is 57.5 Å². The van der Waals surface area contributed by atoms with Crippen molar-refractivity contribution in [3.8, 4) is 5.75 Å². The van der Waals surface area contributed by atoms with Crippen LogP contribution in [0.1, 0.15) is 24.0 Å². The van der Waals surface area contributed by atoms with E-state index in [1.165, 1.54) is 0 Å². The first-order valence-corrected chi connectivity index (χ1v) is 5.59. The van der Waals surface area contributed by atoms with Gasteiger partial charge in [0.2, 0.25) is 0 Å². The van der Waals surface area contributed by atoms with Crippen molar-refractivity contribution in [2.45, 2.75) is 26.2 Å². The first kappa shape index (κ1) is 11.0. The summed E-state index contributed by atoms with van der Waals surface area (Å²) in [6.45, 7) is 1.99. The van der Waals surface area contributed by atoms with Crippen LogP contribution in [0.25, 0.3) is 0 Å². The SMILES string of the molecule is Cc1ccc(O)c(CCC2CC2C(=O)O)c1. The molecule has 1 aromatic rings. The maximum atomic E-state index is 10.7. The van der Waals surface area contributed by atoms with E-state index >= 15 is 0 Å². The normalized spacial score (nSPS) is 23.1. The first-order valence-electron chi connectivity index (χ1n) is 5.59. The molecule has 1 aliphatic carbocycles. The summed E-state index contributed by atoms with van der Waals surface area (Å²) in [5, 5.41) is 18.4. The van der Waals surface area contributed by atoms with E-state index in [1.807, 2.05) is 19.1 Å². The fourth-order valence-electron chi connectivity index (χ4n) is 2.12. The largest absolute Gasteiger partial charge is 0.508 e. The van der Waals surface area contributed by atoms with Gasteiger partial charge < -0.3 is 10.2 Å². The zero-order chi connectivity index (χ0) is 11.7. The highest BCUT2D eigenvalue weighted by atomic mass is 16.4. The average molecular weight is 220 g/mol. The van der Waals surface area contributed by atoms with Crippen LogP contribution < -0.4 is 0 Å². The minimum absolute atomic E-state index is 0.146. The van der Waals surface area contributed by atoms with E-state index in [-0.39, 0.29) is 5.92 Å². The minimum Gasteiger partial charge on any atom is -0.508 e. The number of hydrogen-bond acceptors (Lipinski definition) is 2. The van der Waals surface area contributed by atoms with Crippen molar-refractivity contribution >= 4 is 5.97 Å². The Kier molecular flexibility index (Phi) is 2.86. The summed E-state index contributed by atoms with van der Waals surface area (Å²) in [5.74, 6) is -0.207. The molecule has 2 atom stereocenters. The maximum Gasteiger partial charge on any atom is 0.306 e. The summed E-state index contributed by atoms with van der Waals surface area (Å²) in [6, 6.07) is 5.54. The Labute approximate surface area is 94.7 Å². The van der Waals surface area contributed by atoms with E-state index < -0.39 is 5.97 Å². The van der Waals surface area contributed by atoms with E-state index in [0.29, 0.717) is 11.7 Å². The zero-order valence-electron chi connectivity index (χ0n) is 9.31. The Morgan fingerprint density at radius 1 is 1.50 bits per heavy atom. The molecule has 1 saturated carbocycles. The van der Waals surface area contributed by atoms with Crippen LogP contribution in [0.5, 0.6) is 5.75 Å². The molecule has 2 rings (SSSR count). The van der Waals surface area contributed by atoms with Crippen molar-refractivity contribution in [3.05, 3.63) is 29.3 Å². The minimum atomic E-state index is -0.682. The van der Waals surface area contributed by atoms with Crippen LogP contribution in [0.4, 0.5) is 0 Å². The summed E-state index contributed by atoms with van der Waals surface area (Å²) >= 11 is 0. The Bertz CT molecular complexity index is 412. The number of rotatable bonds is 4. The molecule has 86 valence electrons. The number of aliphatic carboxylic acids is 1. The van der Waals surface area contributed by atoms with Gasteiger partial charge in [-0.15, -0.1) is 0 Å². The summed E-state index contributed by atoms with van der Waals surface area (Å²) in [5.41, 5.74) is 2.05. The Morgan fingerprint density at radius 3 is 2.88 bits per heavy atom. The van der Waals surface area contributed by atoms with Gasteiger partial charge in [-0.05, 0) is 43.7 Å². The highest BCUT2D eigenvalue weighted by molar-refractivity contribution is 5.73. The van der Waals surface area contributed by atoms with Crippen LogP contribution in [0.2, 0.25) is 0 Å². The molecule has 16 heavy (non-hydrogen) atoms. The molecule has 1 aromatic carbocycles. The Balaban J connectivity index is 1.91. The van der Waals surface area contributed by atoms with Crippen molar-refractivity contribution in [2.75, 3.05) is 0 Å². The lowest BCUT2D eigenvalue weighted by Crippen LogP contribution is -2.00. The molecule has 1 fully saturated rings. The van der Waals surface area contributed by atoms with Crippen LogP contribution in [-0.4, -0.2) is 16.2 Å². The molecule has 0 aromatic heterocycles. The second-order valence-corrected chi connectivity index (χ2v) is 4.61. The number of aryl methyl sites for hydroxylation is 2. The molecule has 3 heteroatoms. The van der Waals surface area contributed by atoms with Gasteiger partial charge in [0.1, 0.15) is 5.75 Å². The molecule has 0 bridgehead atoms. The van der Waals surface area contributed by atoms with Crippen LogP contribution in [0.3, 0.4) is 0 Å². The number of aromatic hydroxyl groups is 1. The molecule has 0 amide bonds. The fourth-order valence-corrected chi connectivity index (χ4v) is 2.12. The number of hydrogen-bond donors (Lipinski definition) is 2. The molecule has 0 heterocycles. The Hall–Kier alpha value is -1.51. The van der Waals surface area contributed by atoms with Crippen LogP contribution >= 0.6 is 0 Å². The maximum absolute atomic E-state index is 10.7. The monoisotopic (exact) mass is 220 g/mol. The van der Waals surface area contributed by atoms with Crippen molar-refractivity contribution in [1.29, 1.82) is 0 Å². The van der Waals surface area contributed by atoms with Gasteiger partial charge in [0.05, 0.1) is 5.92 Å². The molecule has 0 radical (unpaired) electrons. The first-order chi connectivity index (χ1) is 7.58. The number of carbonyl (C=O) groups is 1. The lowest BCUT2D eigenvalue weighted by atomic mass is 10.0. The predicted molar refractivity (Wildman–Crippen MR) is 60.4 cm³/mol. The van der Waals surface area contributed by atoms with Crippen LogP contribution in [0.15, 0.2) is 18.2 Å². The Morgan fingerprint density at radius 2 is 2.25 bits per heavy atom. The van der Waals surface area contributed by atoms with Crippen LogP contribution in [0, 0.1) is 18.8 Å². The zero-order valence-corrected chi connectivity index (χ0v) is 9.31. The smallest absolute Gasteiger partial charge is 0.306 e. The third-order valence-electron chi connectivity index (χ3n) is 3.26. The summed E-state index contributed by atoms with van der Waals surface area (Å²) < 4.78 is 0. The summed E-state index contributed by atoms with van der Waals surface area (Å²) in [4.78, 5) is 10.7. The molecule has 2 N–H and O–H groups in total. The van der Waals surface area contributed by atoms with E-state index in [0.717, 1.165) is 30.4 Å². The van der Waals surface area contributed by atoms with Gasteiger partial charge in [0.15, 0.2) is 0 Å². The molecule has 1 aliphatic rings. The van der Waals surface area contributed by atoms with Gasteiger partial charge in [-0.2, -0.15) is 0 Å². The quantitative estimate of drug-likeness (QED) is 0.818. The van der Waals surface area contributed by atoms with E-state index in [9.17, 15) is 9.90 Å². The van der Waals surface area contributed by atoms with E-state index in [4.69, 9.17) is 5.11 Å². The summed E-state index contributed by atoms with van der Waals surface area (Å²) in [6.07, 6.45) is 2.41. The van der Waals surface area contributed by atoms with Gasteiger partial charge in [-0.3, -0.25) is 4.79 Å².